The van der Waals surface area contributed by atoms with E-state index in [1.807, 2.05) is 17.5 Å². The summed E-state index contributed by atoms with van der Waals surface area (Å²) in [6.45, 7) is 0.181. The van der Waals surface area contributed by atoms with Crippen molar-refractivity contribution in [2.45, 2.75) is 6.54 Å². The molecule has 0 aliphatic carbocycles. The molecule has 0 saturated carbocycles. The second-order valence-electron chi connectivity index (χ2n) is 6.44. The van der Waals surface area contributed by atoms with Crippen LogP contribution in [0.2, 0.25) is 5.02 Å². The Morgan fingerprint density at radius 2 is 1.88 bits per heavy atom. The number of hydrogen-bond donors (Lipinski definition) is 3. The number of hydrogen-bond acceptors (Lipinski definition) is 6. The summed E-state index contributed by atoms with van der Waals surface area (Å²) in [5.74, 6) is -3.65. The predicted octanol–water partition coefficient (Wildman–Crippen LogP) is 4.89. The summed E-state index contributed by atoms with van der Waals surface area (Å²) in [7, 11) is 0. The van der Waals surface area contributed by atoms with E-state index in [4.69, 9.17) is 11.6 Å². The Labute approximate surface area is 213 Å². The maximum absolute atomic E-state index is 13.4. The van der Waals surface area contributed by atoms with Crippen molar-refractivity contribution < 1.29 is 18.4 Å². The number of carbonyl (C=O) groups is 2. The molecule has 3 N–H and O–H groups in total. The molecule has 0 aliphatic rings. The van der Waals surface area contributed by atoms with Crippen LogP contribution >= 0.6 is 47.8 Å². The molecule has 0 unspecified atom stereocenters. The van der Waals surface area contributed by atoms with Crippen molar-refractivity contribution in [2.75, 3.05) is 5.32 Å². The van der Waals surface area contributed by atoms with Gasteiger partial charge in [-0.1, -0.05) is 11.6 Å². The average Bonchev–Trinajstić information content (AvgIpc) is 3.45. The molecule has 0 atom stereocenters. The second kappa shape index (κ2) is 11.8. The molecule has 1 aromatic carbocycles. The molecule has 0 spiro atoms. The van der Waals surface area contributed by atoms with Crippen molar-refractivity contribution in [3.63, 3.8) is 0 Å². The summed E-state index contributed by atoms with van der Waals surface area (Å²) in [6, 6.07) is 6.38. The summed E-state index contributed by atoms with van der Waals surface area (Å²) >= 11 is 7.22. The van der Waals surface area contributed by atoms with E-state index in [2.05, 4.69) is 30.8 Å². The van der Waals surface area contributed by atoms with E-state index in [1.165, 1.54) is 17.4 Å². The maximum Gasteiger partial charge on any atom is 0.269 e. The second-order valence-corrected chi connectivity index (χ2v) is 7.70. The number of thiazole rings is 1. The molecule has 4 aromatic rings. The fourth-order valence-corrected chi connectivity index (χ4v) is 3.71. The van der Waals surface area contributed by atoms with Crippen LogP contribution in [0.5, 0.6) is 0 Å². The number of aromatic nitrogens is 4. The van der Waals surface area contributed by atoms with Gasteiger partial charge in [0.15, 0.2) is 17.5 Å². The number of benzene rings is 1. The number of rotatable bonds is 6. The lowest BCUT2D eigenvalue weighted by Gasteiger charge is -2.05. The Kier molecular flexibility index (Phi) is 9.45. The zero-order valence-electron chi connectivity index (χ0n) is 16.8. The smallest absolute Gasteiger partial charge is 0.269 e. The topological polar surface area (TPSA) is 113 Å². The van der Waals surface area contributed by atoms with Gasteiger partial charge in [0.2, 0.25) is 0 Å². The van der Waals surface area contributed by atoms with Crippen LogP contribution in [-0.2, 0) is 6.54 Å². The Morgan fingerprint density at radius 1 is 1.12 bits per heavy atom. The number of nitrogens with zero attached hydrogens (tertiary/aromatic N) is 3. The zero-order valence-corrected chi connectivity index (χ0v) is 20.0. The molecule has 0 aliphatic heterocycles. The van der Waals surface area contributed by atoms with Crippen LogP contribution in [0.3, 0.4) is 0 Å². The molecule has 8 nitrogen and oxygen atoms in total. The van der Waals surface area contributed by atoms with Crippen LogP contribution in [0.15, 0.2) is 48.1 Å². The molecule has 4 rings (SSSR count). The molecular formula is C20H15Cl3F2N6O2S. The van der Waals surface area contributed by atoms with Gasteiger partial charge in [0.25, 0.3) is 11.8 Å². The van der Waals surface area contributed by atoms with Crippen molar-refractivity contribution in [2.24, 2.45) is 0 Å². The summed E-state index contributed by atoms with van der Waals surface area (Å²) in [5.41, 5.74) is 1.36. The molecular weight excluding hydrogens is 533 g/mol. The van der Waals surface area contributed by atoms with Crippen molar-refractivity contribution >= 4 is 65.4 Å². The predicted molar refractivity (Wildman–Crippen MR) is 129 cm³/mol. The molecule has 0 saturated heterocycles. The van der Waals surface area contributed by atoms with Crippen molar-refractivity contribution in [3.05, 3.63) is 81.7 Å². The lowest BCUT2D eigenvalue weighted by molar-refractivity contribution is 0.0944. The Balaban J connectivity index is 0.00000204. The number of pyridine rings is 1. The van der Waals surface area contributed by atoms with Crippen LogP contribution in [-0.4, -0.2) is 32.0 Å². The molecule has 0 fully saturated rings. The summed E-state index contributed by atoms with van der Waals surface area (Å²) in [6.07, 6.45) is 3.38. The van der Waals surface area contributed by atoms with Crippen LogP contribution in [0.1, 0.15) is 26.5 Å². The Hall–Kier alpha value is -3.12. The van der Waals surface area contributed by atoms with Gasteiger partial charge in [-0.2, -0.15) is 5.10 Å². The first-order valence-corrected chi connectivity index (χ1v) is 10.3. The van der Waals surface area contributed by atoms with Gasteiger partial charge in [-0.05, 0) is 24.3 Å². The summed E-state index contributed by atoms with van der Waals surface area (Å²) in [5, 5.41) is 13.7. The highest BCUT2D eigenvalue weighted by Crippen LogP contribution is 2.23. The number of anilines is 1. The van der Waals surface area contributed by atoms with Crippen molar-refractivity contribution in [3.8, 4) is 10.6 Å². The van der Waals surface area contributed by atoms with Gasteiger partial charge in [-0.25, -0.2) is 13.8 Å². The minimum atomic E-state index is -1.21. The standard InChI is InChI=1S/C20H13ClF2N6O2S.2ClH/c21-13-5-15(23)14(22)4-12(13)18(30)27-17-6-16(28-29-17)19(31)25-8-11-9-32-20(26-11)10-2-1-3-24-7-10;;/h1-7,9H,8H2,(H,25,31)(H2,27,28,29,30);2*1H. The fourth-order valence-electron chi connectivity index (χ4n) is 2.66. The van der Waals surface area contributed by atoms with Gasteiger partial charge >= 0.3 is 0 Å². The number of carbonyl (C=O) groups excluding carboxylic acids is 2. The average molecular weight is 548 g/mol. The van der Waals surface area contributed by atoms with Crippen LogP contribution in [0.25, 0.3) is 10.6 Å². The molecule has 0 bridgehead atoms. The lowest BCUT2D eigenvalue weighted by Crippen LogP contribution is -2.23. The van der Waals surface area contributed by atoms with E-state index in [1.54, 1.807) is 12.4 Å². The van der Waals surface area contributed by atoms with E-state index in [9.17, 15) is 18.4 Å². The molecule has 3 heterocycles. The number of halogens is 5. The third-order valence-corrected chi connectivity index (χ3v) is 5.46. The van der Waals surface area contributed by atoms with Gasteiger partial charge in [0.05, 0.1) is 22.8 Å². The molecule has 0 radical (unpaired) electrons. The van der Waals surface area contributed by atoms with Gasteiger partial charge in [-0.3, -0.25) is 19.7 Å². The fraction of sp³-hybridized carbons (Fsp3) is 0.0500. The van der Waals surface area contributed by atoms with Crippen molar-refractivity contribution in [1.82, 2.24) is 25.5 Å². The van der Waals surface area contributed by atoms with Crippen LogP contribution < -0.4 is 10.6 Å². The minimum absolute atomic E-state index is 0. The molecule has 14 heteroatoms. The van der Waals surface area contributed by atoms with Gasteiger partial charge in [0.1, 0.15) is 10.7 Å². The van der Waals surface area contributed by atoms with E-state index >= 15 is 0 Å². The summed E-state index contributed by atoms with van der Waals surface area (Å²) in [4.78, 5) is 33.1. The largest absolute Gasteiger partial charge is 0.345 e. The van der Waals surface area contributed by atoms with Crippen LogP contribution in [0, 0.1) is 11.6 Å². The first-order valence-electron chi connectivity index (χ1n) is 9.05. The number of aromatic amines is 1. The highest BCUT2D eigenvalue weighted by Gasteiger charge is 2.17. The highest BCUT2D eigenvalue weighted by atomic mass is 35.5. The van der Waals surface area contributed by atoms with E-state index in [0.717, 1.165) is 10.6 Å². The lowest BCUT2D eigenvalue weighted by atomic mass is 10.2. The number of nitrogens with one attached hydrogen (secondary N) is 3. The molecule has 34 heavy (non-hydrogen) atoms. The Bertz CT molecular complexity index is 1300. The van der Waals surface area contributed by atoms with Gasteiger partial charge < -0.3 is 10.6 Å². The van der Waals surface area contributed by atoms with Crippen molar-refractivity contribution in [1.29, 1.82) is 0 Å². The normalized spacial score (nSPS) is 10.1. The minimum Gasteiger partial charge on any atom is -0.345 e. The van der Waals surface area contributed by atoms with Gasteiger partial charge in [0, 0.05) is 29.4 Å². The van der Waals surface area contributed by atoms with E-state index < -0.39 is 23.4 Å². The number of amides is 2. The summed E-state index contributed by atoms with van der Waals surface area (Å²) < 4.78 is 26.6. The molecule has 3 aromatic heterocycles. The quantitative estimate of drug-likeness (QED) is 0.298. The van der Waals surface area contributed by atoms with E-state index in [0.29, 0.717) is 17.8 Å². The van der Waals surface area contributed by atoms with Crippen LogP contribution in [0.4, 0.5) is 14.6 Å². The number of H-pyrrole nitrogens is 1. The molecule has 178 valence electrons. The zero-order chi connectivity index (χ0) is 22.7. The monoisotopic (exact) mass is 546 g/mol. The SMILES string of the molecule is Cl.Cl.O=C(NCc1csc(-c2cccnc2)n1)c1cc(NC(=O)c2cc(F)c(F)cc2Cl)n[nH]1. The third-order valence-electron chi connectivity index (χ3n) is 4.21. The first-order chi connectivity index (χ1) is 15.4. The van der Waals surface area contributed by atoms with Gasteiger partial charge in [-0.15, -0.1) is 36.2 Å². The first kappa shape index (κ1) is 27.1. The molecule has 2 amide bonds. The Morgan fingerprint density at radius 3 is 2.62 bits per heavy atom. The van der Waals surface area contributed by atoms with E-state index in [-0.39, 0.29) is 53.5 Å². The highest BCUT2D eigenvalue weighted by molar-refractivity contribution is 7.13. The third kappa shape index (κ3) is 6.26. The maximum atomic E-state index is 13.4.